The highest BCUT2D eigenvalue weighted by molar-refractivity contribution is 6.20. The normalized spacial score (nSPS) is 31.2. The molecule has 21 heavy (non-hydrogen) atoms. The van der Waals surface area contributed by atoms with Crippen LogP contribution in [0.5, 0.6) is 0 Å². The van der Waals surface area contributed by atoms with Crippen LogP contribution in [0.1, 0.15) is 56.9 Å². The Hall–Kier alpha value is -0.530. The molecule has 1 heterocycles. The molecule has 116 valence electrons. The Morgan fingerprint density at radius 3 is 2.52 bits per heavy atom. The molecule has 0 amide bonds. The predicted octanol–water partition coefficient (Wildman–Crippen LogP) is 5.35. The van der Waals surface area contributed by atoms with Crippen LogP contribution in [0.3, 0.4) is 0 Å². The molecule has 0 aromatic heterocycles. The molecule has 1 aliphatic heterocycles. The van der Waals surface area contributed by atoms with Crippen LogP contribution in [0.2, 0.25) is 0 Å². The zero-order valence-corrected chi connectivity index (χ0v) is 13.6. The van der Waals surface area contributed by atoms with Gasteiger partial charge in [-0.15, -0.1) is 11.6 Å². The van der Waals surface area contributed by atoms with Crippen molar-refractivity contribution in [2.75, 3.05) is 0 Å². The third-order valence-electron chi connectivity index (χ3n) is 5.15. The highest BCUT2D eigenvalue weighted by Gasteiger charge is 2.33. The van der Waals surface area contributed by atoms with E-state index in [2.05, 4.69) is 30.3 Å². The minimum Gasteiger partial charge on any atom is -0.375 e. The summed E-state index contributed by atoms with van der Waals surface area (Å²) in [5.74, 6) is 0.763. The molecule has 1 saturated carbocycles. The van der Waals surface area contributed by atoms with Crippen LogP contribution in [-0.2, 0) is 11.2 Å². The molecule has 0 unspecified atom stereocenters. The Kier molecular flexibility index (Phi) is 5.60. The number of ether oxygens (including phenoxy) is 1. The average molecular weight is 307 g/mol. The lowest BCUT2D eigenvalue weighted by Gasteiger charge is -2.39. The Balaban J connectivity index is 1.53. The van der Waals surface area contributed by atoms with Crippen molar-refractivity contribution in [3.8, 4) is 0 Å². The van der Waals surface area contributed by atoms with E-state index < -0.39 is 0 Å². The van der Waals surface area contributed by atoms with Gasteiger partial charge in [-0.1, -0.05) is 49.6 Å². The lowest BCUT2D eigenvalue weighted by atomic mass is 9.82. The van der Waals surface area contributed by atoms with Crippen molar-refractivity contribution in [3.63, 3.8) is 0 Å². The maximum atomic E-state index is 6.53. The molecule has 3 rings (SSSR count). The van der Waals surface area contributed by atoms with Gasteiger partial charge in [0, 0.05) is 5.38 Å². The fourth-order valence-electron chi connectivity index (χ4n) is 3.96. The minimum absolute atomic E-state index is 0.312. The monoisotopic (exact) mass is 306 g/mol. The Bertz CT molecular complexity index is 413. The summed E-state index contributed by atoms with van der Waals surface area (Å²) < 4.78 is 6.43. The van der Waals surface area contributed by atoms with Gasteiger partial charge in [-0.3, -0.25) is 0 Å². The smallest absolute Gasteiger partial charge is 0.0621 e. The summed E-state index contributed by atoms with van der Waals surface area (Å²) >= 11 is 6.53. The lowest BCUT2D eigenvalue weighted by Crippen LogP contribution is -2.39. The summed E-state index contributed by atoms with van der Waals surface area (Å²) in [4.78, 5) is 0. The van der Waals surface area contributed by atoms with Crippen molar-refractivity contribution < 1.29 is 4.74 Å². The van der Waals surface area contributed by atoms with Crippen LogP contribution in [-0.4, -0.2) is 17.6 Å². The maximum absolute atomic E-state index is 6.53. The fraction of sp³-hybridized carbons (Fsp3) is 0.684. The molecule has 0 bridgehead atoms. The molecule has 1 aromatic carbocycles. The summed E-state index contributed by atoms with van der Waals surface area (Å²) in [5, 5.41) is 0.312. The van der Waals surface area contributed by atoms with Crippen molar-refractivity contribution in [3.05, 3.63) is 35.9 Å². The molecule has 2 heteroatoms. The van der Waals surface area contributed by atoms with E-state index in [4.69, 9.17) is 16.3 Å². The standard InChI is InChI=1S/C19H27ClO/c20-17-13-18(12-11-15-7-3-1-4-8-15)21-19(14-17)16-9-5-2-6-10-16/h1,3-4,7-8,16-19H,2,5-6,9-14H2/t17-,18+,19+/m1/s1. The molecule has 0 N–H and O–H groups in total. The molecular formula is C19H27ClO. The average Bonchev–Trinajstić information content (AvgIpc) is 2.54. The molecule has 1 aromatic rings. The molecule has 2 aliphatic rings. The number of rotatable bonds is 4. The van der Waals surface area contributed by atoms with Crippen molar-refractivity contribution >= 4 is 11.6 Å². The van der Waals surface area contributed by atoms with Crippen LogP contribution in [0, 0.1) is 5.92 Å². The second-order valence-electron chi connectivity index (χ2n) is 6.79. The van der Waals surface area contributed by atoms with Gasteiger partial charge in [-0.05, 0) is 50.0 Å². The Labute approximate surface area is 134 Å². The number of alkyl halides is 1. The number of hydrogen-bond donors (Lipinski definition) is 0. The fourth-order valence-corrected chi connectivity index (χ4v) is 4.33. The first kappa shape index (κ1) is 15.4. The molecule has 1 aliphatic carbocycles. The zero-order chi connectivity index (χ0) is 14.5. The first-order valence-electron chi connectivity index (χ1n) is 8.64. The topological polar surface area (TPSA) is 9.23 Å². The van der Waals surface area contributed by atoms with E-state index in [9.17, 15) is 0 Å². The quantitative estimate of drug-likeness (QED) is 0.681. The Morgan fingerprint density at radius 2 is 1.76 bits per heavy atom. The molecule has 0 radical (unpaired) electrons. The summed E-state index contributed by atoms with van der Waals surface area (Å²) in [6, 6.07) is 10.7. The summed E-state index contributed by atoms with van der Waals surface area (Å²) in [6.45, 7) is 0. The summed E-state index contributed by atoms with van der Waals surface area (Å²) in [6.07, 6.45) is 11.9. The van der Waals surface area contributed by atoms with Crippen molar-refractivity contribution in [1.29, 1.82) is 0 Å². The number of halogens is 1. The van der Waals surface area contributed by atoms with Gasteiger partial charge >= 0.3 is 0 Å². The van der Waals surface area contributed by atoms with Gasteiger partial charge in [0.2, 0.25) is 0 Å². The molecule has 0 spiro atoms. The van der Waals surface area contributed by atoms with Gasteiger partial charge in [0.15, 0.2) is 0 Å². The second-order valence-corrected chi connectivity index (χ2v) is 7.40. The van der Waals surface area contributed by atoms with Gasteiger partial charge in [-0.25, -0.2) is 0 Å². The van der Waals surface area contributed by atoms with Crippen molar-refractivity contribution in [2.24, 2.45) is 5.92 Å². The minimum atomic E-state index is 0.312. The highest BCUT2D eigenvalue weighted by Crippen LogP contribution is 2.36. The summed E-state index contributed by atoms with van der Waals surface area (Å²) in [5.41, 5.74) is 1.41. The van der Waals surface area contributed by atoms with Gasteiger partial charge in [0.1, 0.15) is 0 Å². The molecule has 3 atom stereocenters. The van der Waals surface area contributed by atoms with E-state index in [0.717, 1.165) is 31.6 Å². The zero-order valence-electron chi connectivity index (χ0n) is 12.8. The third kappa shape index (κ3) is 4.47. The maximum Gasteiger partial charge on any atom is 0.0621 e. The largest absolute Gasteiger partial charge is 0.375 e. The molecular weight excluding hydrogens is 280 g/mol. The second kappa shape index (κ2) is 7.65. The van der Waals surface area contributed by atoms with Crippen LogP contribution in [0.15, 0.2) is 30.3 Å². The van der Waals surface area contributed by atoms with E-state index in [1.54, 1.807) is 0 Å². The first-order chi connectivity index (χ1) is 10.3. The Morgan fingerprint density at radius 1 is 1.00 bits per heavy atom. The van der Waals surface area contributed by atoms with Crippen LogP contribution >= 0.6 is 11.6 Å². The van der Waals surface area contributed by atoms with Gasteiger partial charge in [0.05, 0.1) is 12.2 Å². The van der Waals surface area contributed by atoms with E-state index in [0.29, 0.717) is 17.6 Å². The first-order valence-corrected chi connectivity index (χ1v) is 9.08. The van der Waals surface area contributed by atoms with E-state index >= 15 is 0 Å². The van der Waals surface area contributed by atoms with Crippen LogP contribution in [0.4, 0.5) is 0 Å². The molecule has 1 nitrogen and oxygen atoms in total. The third-order valence-corrected chi connectivity index (χ3v) is 5.50. The summed E-state index contributed by atoms with van der Waals surface area (Å²) in [7, 11) is 0. The SMILES string of the molecule is Cl[C@@H]1C[C@H](CCc2ccccc2)O[C@H](C2CCCCC2)C1. The number of hydrogen-bond acceptors (Lipinski definition) is 1. The lowest BCUT2D eigenvalue weighted by molar-refractivity contribution is -0.0845. The predicted molar refractivity (Wildman–Crippen MR) is 88.9 cm³/mol. The van der Waals surface area contributed by atoms with Crippen LogP contribution in [0.25, 0.3) is 0 Å². The highest BCUT2D eigenvalue weighted by atomic mass is 35.5. The molecule has 2 fully saturated rings. The molecule has 1 saturated heterocycles. The van der Waals surface area contributed by atoms with Crippen molar-refractivity contribution in [1.82, 2.24) is 0 Å². The van der Waals surface area contributed by atoms with E-state index in [1.165, 1.54) is 37.7 Å². The van der Waals surface area contributed by atoms with Gasteiger partial charge < -0.3 is 4.74 Å². The number of aryl methyl sites for hydroxylation is 1. The number of benzene rings is 1. The van der Waals surface area contributed by atoms with E-state index in [-0.39, 0.29) is 0 Å². The van der Waals surface area contributed by atoms with E-state index in [1.807, 2.05) is 0 Å². The van der Waals surface area contributed by atoms with Gasteiger partial charge in [-0.2, -0.15) is 0 Å². The van der Waals surface area contributed by atoms with Crippen molar-refractivity contribution in [2.45, 2.75) is 75.4 Å². The van der Waals surface area contributed by atoms with Gasteiger partial charge in [0.25, 0.3) is 0 Å². The van der Waals surface area contributed by atoms with Crippen LogP contribution < -0.4 is 0 Å².